The lowest BCUT2D eigenvalue weighted by Crippen LogP contribution is -2.20. The number of benzene rings is 2. The zero-order valence-corrected chi connectivity index (χ0v) is 25.1. The van der Waals surface area contributed by atoms with E-state index in [1.165, 1.54) is 40.6 Å². The SMILES string of the molecule is COc1ccc(S(=O)(=O)On2c(O)c3c(c2O)Cc2c(c(O)n(OS(=O)(=O)c4ccc(OC)c(OC)c4)c2O)C3)cc1OC. The minimum Gasteiger partial charge on any atom is -0.493 e. The van der Waals surface area contributed by atoms with Crippen molar-refractivity contribution >= 4 is 20.2 Å². The van der Waals surface area contributed by atoms with E-state index in [4.69, 9.17) is 27.5 Å². The van der Waals surface area contributed by atoms with E-state index < -0.39 is 43.8 Å². The number of rotatable bonds is 10. The van der Waals surface area contributed by atoms with Gasteiger partial charge in [-0.2, -0.15) is 16.8 Å². The van der Waals surface area contributed by atoms with Gasteiger partial charge in [-0.25, -0.2) is 0 Å². The van der Waals surface area contributed by atoms with Gasteiger partial charge in [0, 0.05) is 47.2 Å². The maximum Gasteiger partial charge on any atom is 0.357 e. The highest BCUT2D eigenvalue weighted by atomic mass is 32.2. The molecule has 0 fully saturated rings. The van der Waals surface area contributed by atoms with Crippen molar-refractivity contribution < 1.29 is 64.8 Å². The van der Waals surface area contributed by atoms with Gasteiger partial charge < -0.3 is 39.4 Å². The quantitative estimate of drug-likeness (QED) is 0.167. The van der Waals surface area contributed by atoms with Gasteiger partial charge in [-0.15, -0.1) is 0 Å². The second kappa shape index (κ2) is 10.9. The summed E-state index contributed by atoms with van der Waals surface area (Å²) in [7, 11) is -3.97. The molecule has 44 heavy (non-hydrogen) atoms. The minimum atomic E-state index is -4.65. The Morgan fingerprint density at radius 2 is 0.818 bits per heavy atom. The Kier molecular flexibility index (Phi) is 7.50. The number of ether oxygens (including phenoxy) is 4. The highest BCUT2D eigenvalue weighted by Gasteiger charge is 2.37. The molecule has 1 aliphatic carbocycles. The van der Waals surface area contributed by atoms with Crippen LogP contribution in [0.5, 0.6) is 46.5 Å². The molecule has 0 spiro atoms. The molecule has 0 atom stereocenters. The van der Waals surface area contributed by atoms with Crippen molar-refractivity contribution in [3.63, 3.8) is 0 Å². The second-order valence-electron chi connectivity index (χ2n) is 9.24. The van der Waals surface area contributed by atoms with Crippen LogP contribution >= 0.6 is 0 Å². The second-order valence-corrected chi connectivity index (χ2v) is 12.3. The Morgan fingerprint density at radius 3 is 1.09 bits per heavy atom. The van der Waals surface area contributed by atoms with Crippen LogP contribution in [0, 0.1) is 0 Å². The minimum absolute atomic E-state index is 0.0623. The molecule has 0 aliphatic heterocycles. The Labute approximate surface area is 250 Å². The van der Waals surface area contributed by atoms with Gasteiger partial charge in [-0.3, -0.25) is 8.57 Å². The molecule has 2 aromatic carbocycles. The molecular formula is C26H26N2O14S2. The predicted molar refractivity (Wildman–Crippen MR) is 148 cm³/mol. The Morgan fingerprint density at radius 1 is 0.523 bits per heavy atom. The summed E-state index contributed by atoms with van der Waals surface area (Å²) in [4.78, 5) is -0.775. The number of aromatic nitrogens is 2. The molecule has 5 rings (SSSR count). The molecule has 4 N–H and O–H groups in total. The summed E-state index contributed by atoms with van der Waals surface area (Å²) in [5, 5.41) is 43.3. The Hall–Kier alpha value is -5.10. The van der Waals surface area contributed by atoms with Crippen LogP contribution in [0.4, 0.5) is 0 Å². The number of methoxy groups -OCH3 is 4. The van der Waals surface area contributed by atoms with Gasteiger partial charge in [0.1, 0.15) is 9.79 Å². The highest BCUT2D eigenvalue weighted by molar-refractivity contribution is 7.87. The third-order valence-electron chi connectivity index (χ3n) is 6.92. The van der Waals surface area contributed by atoms with Crippen LogP contribution < -0.4 is 27.5 Å². The van der Waals surface area contributed by atoms with E-state index in [2.05, 4.69) is 0 Å². The van der Waals surface area contributed by atoms with Gasteiger partial charge >= 0.3 is 20.2 Å². The van der Waals surface area contributed by atoms with Crippen molar-refractivity contribution in [1.82, 2.24) is 9.46 Å². The van der Waals surface area contributed by atoms with Crippen LogP contribution in [0.25, 0.3) is 0 Å². The maximum absolute atomic E-state index is 13.0. The van der Waals surface area contributed by atoms with Crippen LogP contribution in [-0.2, 0) is 33.1 Å². The van der Waals surface area contributed by atoms with Crippen molar-refractivity contribution in [1.29, 1.82) is 0 Å². The zero-order valence-electron chi connectivity index (χ0n) is 23.5. The lowest BCUT2D eigenvalue weighted by Gasteiger charge is -2.12. The third kappa shape index (κ3) is 4.86. The van der Waals surface area contributed by atoms with E-state index in [1.54, 1.807) is 0 Å². The Bertz CT molecular complexity index is 1800. The fourth-order valence-corrected chi connectivity index (χ4v) is 6.51. The van der Waals surface area contributed by atoms with Gasteiger partial charge in [0.05, 0.1) is 28.4 Å². The first-order valence-electron chi connectivity index (χ1n) is 12.4. The highest BCUT2D eigenvalue weighted by Crippen LogP contribution is 2.47. The van der Waals surface area contributed by atoms with E-state index in [-0.39, 0.29) is 77.3 Å². The molecule has 0 radical (unpaired) electrons. The van der Waals surface area contributed by atoms with Crippen molar-refractivity contribution in [2.75, 3.05) is 28.4 Å². The van der Waals surface area contributed by atoms with E-state index >= 15 is 0 Å². The first-order valence-corrected chi connectivity index (χ1v) is 15.2. The molecule has 4 aromatic rings. The van der Waals surface area contributed by atoms with E-state index in [9.17, 15) is 37.3 Å². The average Bonchev–Trinajstić information content (AvgIpc) is 3.38. The number of hydrogen-bond acceptors (Lipinski definition) is 14. The van der Waals surface area contributed by atoms with E-state index in [0.717, 1.165) is 24.3 Å². The molecule has 18 heteroatoms. The summed E-state index contributed by atoms with van der Waals surface area (Å²) in [6.45, 7) is 0. The molecule has 0 bridgehead atoms. The first-order chi connectivity index (χ1) is 20.8. The Balaban J connectivity index is 1.46. The van der Waals surface area contributed by atoms with E-state index in [0.29, 0.717) is 0 Å². The third-order valence-corrected chi connectivity index (χ3v) is 9.27. The lowest BCUT2D eigenvalue weighted by molar-refractivity contribution is 0.200. The van der Waals surface area contributed by atoms with Crippen LogP contribution in [0.1, 0.15) is 22.3 Å². The molecule has 0 saturated carbocycles. The van der Waals surface area contributed by atoms with Gasteiger partial charge in [0.15, 0.2) is 23.0 Å². The fourth-order valence-electron chi connectivity index (χ4n) is 4.69. The summed E-state index contributed by atoms with van der Waals surface area (Å²) in [6, 6.07) is 7.20. The van der Waals surface area contributed by atoms with Crippen molar-refractivity contribution in [2.45, 2.75) is 22.6 Å². The predicted octanol–water partition coefficient (Wildman–Crippen LogP) is 1.28. The van der Waals surface area contributed by atoms with Gasteiger partial charge in [0.2, 0.25) is 23.5 Å². The van der Waals surface area contributed by atoms with Crippen LogP contribution in [0.3, 0.4) is 0 Å². The average molecular weight is 655 g/mol. The molecule has 0 amide bonds. The molecule has 16 nitrogen and oxygen atoms in total. The lowest BCUT2D eigenvalue weighted by atomic mass is 9.90. The van der Waals surface area contributed by atoms with Gasteiger partial charge in [-0.05, 0) is 24.3 Å². The zero-order chi connectivity index (χ0) is 32.1. The fraction of sp³-hybridized carbons (Fsp3) is 0.231. The molecule has 0 unspecified atom stereocenters. The van der Waals surface area contributed by atoms with Gasteiger partial charge in [-0.1, -0.05) is 9.46 Å². The number of hydrogen-bond donors (Lipinski definition) is 4. The summed E-state index contributed by atoms with van der Waals surface area (Å²) in [5.74, 6) is -2.64. The first kappa shape index (κ1) is 30.4. The normalized spacial score (nSPS) is 12.6. The van der Waals surface area contributed by atoms with E-state index in [1.807, 2.05) is 0 Å². The maximum atomic E-state index is 13.0. The summed E-state index contributed by atoms with van der Waals surface area (Å²) in [5.41, 5.74) is -0.249. The molecule has 236 valence electrons. The number of nitrogens with zero attached hydrogens (tertiary/aromatic N) is 2. The topological polar surface area (TPSA) is 214 Å². The summed E-state index contributed by atoms with van der Waals surface area (Å²) >= 11 is 0. The van der Waals surface area contributed by atoms with Crippen molar-refractivity contribution in [3.05, 3.63) is 58.7 Å². The number of fused-ring (bicyclic) bond motifs is 2. The molecule has 2 aromatic heterocycles. The number of aromatic hydroxyl groups is 4. The van der Waals surface area contributed by atoms with Crippen LogP contribution in [0.15, 0.2) is 46.2 Å². The molecule has 2 heterocycles. The molecule has 0 saturated heterocycles. The van der Waals surface area contributed by atoms with Crippen molar-refractivity contribution in [3.8, 4) is 46.5 Å². The standard InChI is InChI=1S/C26H26N2O14S2/c1-37-19-7-5-13(9-21(19)39-3)43(33,34)41-27-23(29)15-11-17-18(12-16(15)24(27)30)26(32)28(25(17)31)42-44(35,36)14-6-8-20(38-2)22(10-14)40-4/h5-10,29-32H,11-12H2,1-4H3. The monoisotopic (exact) mass is 654 g/mol. The van der Waals surface area contributed by atoms with Crippen LogP contribution in [0.2, 0.25) is 0 Å². The van der Waals surface area contributed by atoms with Crippen molar-refractivity contribution in [2.24, 2.45) is 0 Å². The van der Waals surface area contributed by atoms with Crippen LogP contribution in [-0.4, -0.2) is 75.2 Å². The summed E-state index contributed by atoms with van der Waals surface area (Å²) in [6.07, 6.45) is -0.772. The smallest absolute Gasteiger partial charge is 0.357 e. The van der Waals surface area contributed by atoms with Gasteiger partial charge in [0.25, 0.3) is 0 Å². The summed E-state index contributed by atoms with van der Waals surface area (Å²) < 4.78 is 83.0. The molecular weight excluding hydrogens is 628 g/mol. The molecule has 1 aliphatic rings. The largest absolute Gasteiger partial charge is 0.493 e.